The summed E-state index contributed by atoms with van der Waals surface area (Å²) in [7, 11) is 0. The van der Waals surface area contributed by atoms with Gasteiger partial charge < -0.3 is 15.8 Å². The zero-order chi connectivity index (χ0) is 25.2. The first kappa shape index (κ1) is 23.9. The van der Waals surface area contributed by atoms with Crippen LogP contribution in [0, 0.1) is 17.5 Å². The lowest BCUT2D eigenvalue weighted by Crippen LogP contribution is -2.09. The number of nitrogens with two attached hydrogens (primary N) is 1. The molecule has 1 aromatic heterocycles. The average molecular weight is 490 g/mol. The van der Waals surface area contributed by atoms with E-state index in [9.17, 15) is 26.3 Å². The topological polar surface area (TPSA) is 73.1 Å². The number of nitrogens with zero attached hydrogens (tertiary/aromatic N) is 2. The van der Waals surface area contributed by atoms with Crippen LogP contribution in [-0.4, -0.2) is 9.97 Å². The van der Waals surface area contributed by atoms with Crippen molar-refractivity contribution in [3.05, 3.63) is 95.4 Å². The molecule has 0 aliphatic carbocycles. The molecule has 0 amide bonds. The Labute approximate surface area is 195 Å². The predicted octanol–water partition coefficient (Wildman–Crippen LogP) is 6.48. The van der Waals surface area contributed by atoms with Crippen molar-refractivity contribution < 1.29 is 31.1 Å². The number of alkyl halides is 3. The van der Waals surface area contributed by atoms with E-state index in [1.54, 1.807) is 24.3 Å². The molecule has 11 heteroatoms. The Hall–Kier alpha value is -4.28. The van der Waals surface area contributed by atoms with Crippen LogP contribution in [0.5, 0.6) is 5.75 Å². The van der Waals surface area contributed by atoms with Crippen molar-refractivity contribution in [2.75, 3.05) is 11.1 Å². The molecule has 35 heavy (non-hydrogen) atoms. The molecule has 0 radical (unpaired) electrons. The minimum absolute atomic E-state index is 0.0586. The third kappa shape index (κ3) is 5.45. The first-order valence-corrected chi connectivity index (χ1v) is 10.0. The van der Waals surface area contributed by atoms with E-state index in [-0.39, 0.29) is 35.2 Å². The first-order chi connectivity index (χ1) is 16.6. The van der Waals surface area contributed by atoms with Gasteiger partial charge >= 0.3 is 6.18 Å². The van der Waals surface area contributed by atoms with Crippen LogP contribution in [0.2, 0.25) is 0 Å². The number of hydrogen-bond acceptors (Lipinski definition) is 5. The highest BCUT2D eigenvalue weighted by Gasteiger charge is 2.34. The number of ether oxygens (including phenoxy) is 1. The summed E-state index contributed by atoms with van der Waals surface area (Å²) < 4.78 is 87.5. The fourth-order valence-corrected chi connectivity index (χ4v) is 3.12. The molecule has 0 spiro atoms. The summed E-state index contributed by atoms with van der Waals surface area (Å²) in [5.41, 5.74) is 4.16. The number of hydrogen-bond donors (Lipinski definition) is 2. The lowest BCUT2D eigenvalue weighted by Gasteiger charge is -2.14. The van der Waals surface area contributed by atoms with Gasteiger partial charge in [0.25, 0.3) is 0 Å². The van der Waals surface area contributed by atoms with Crippen molar-refractivity contribution in [3.63, 3.8) is 0 Å². The second kappa shape index (κ2) is 9.53. The monoisotopic (exact) mass is 490 g/mol. The lowest BCUT2D eigenvalue weighted by molar-refractivity contribution is -0.139. The Kier molecular flexibility index (Phi) is 6.50. The molecule has 3 N–H and O–H groups in total. The number of rotatable bonds is 6. The molecular weight excluding hydrogens is 474 g/mol. The number of aromatic nitrogens is 2. The van der Waals surface area contributed by atoms with Crippen LogP contribution in [0.25, 0.3) is 11.4 Å². The molecule has 0 aliphatic rings. The molecule has 0 aliphatic heterocycles. The Morgan fingerprint density at radius 2 is 1.57 bits per heavy atom. The zero-order valence-electron chi connectivity index (χ0n) is 17.7. The zero-order valence-corrected chi connectivity index (χ0v) is 17.7. The minimum Gasteiger partial charge on any atom is -0.489 e. The maximum absolute atomic E-state index is 14.7. The summed E-state index contributed by atoms with van der Waals surface area (Å²) in [6.07, 6.45) is -3.89. The van der Waals surface area contributed by atoms with E-state index in [1.807, 2.05) is 6.07 Å². The molecule has 0 bridgehead atoms. The van der Waals surface area contributed by atoms with Gasteiger partial charge in [0, 0.05) is 17.7 Å². The van der Waals surface area contributed by atoms with Crippen molar-refractivity contribution in [1.82, 2.24) is 9.97 Å². The summed E-state index contributed by atoms with van der Waals surface area (Å²) in [6, 6.07) is 13.1. The molecule has 5 nitrogen and oxygen atoms in total. The van der Waals surface area contributed by atoms with E-state index in [1.165, 1.54) is 0 Å². The maximum atomic E-state index is 14.7. The van der Waals surface area contributed by atoms with Crippen LogP contribution in [0.4, 0.5) is 43.5 Å². The number of halogens is 6. The third-order valence-corrected chi connectivity index (χ3v) is 4.85. The fraction of sp³-hybridized carbons (Fsp3) is 0.0833. The molecule has 0 saturated carbocycles. The van der Waals surface area contributed by atoms with Gasteiger partial charge in [-0.1, -0.05) is 30.3 Å². The van der Waals surface area contributed by atoms with E-state index < -0.39 is 34.9 Å². The van der Waals surface area contributed by atoms with E-state index in [0.29, 0.717) is 12.1 Å². The van der Waals surface area contributed by atoms with Gasteiger partial charge in [-0.15, -0.1) is 0 Å². The summed E-state index contributed by atoms with van der Waals surface area (Å²) >= 11 is 0. The van der Waals surface area contributed by atoms with E-state index in [2.05, 4.69) is 15.3 Å². The van der Waals surface area contributed by atoms with Gasteiger partial charge in [-0.3, -0.25) is 0 Å². The molecule has 0 saturated heterocycles. The van der Waals surface area contributed by atoms with Gasteiger partial charge in [-0.2, -0.15) is 13.2 Å². The predicted molar refractivity (Wildman–Crippen MR) is 117 cm³/mol. The molecular formula is C24H16F6N4O. The molecule has 0 atom stereocenters. The van der Waals surface area contributed by atoms with Gasteiger partial charge in [-0.25, -0.2) is 23.1 Å². The normalized spacial score (nSPS) is 11.4. The number of anilines is 3. The van der Waals surface area contributed by atoms with E-state index in [4.69, 9.17) is 10.5 Å². The number of benzene rings is 3. The van der Waals surface area contributed by atoms with Gasteiger partial charge in [0.15, 0.2) is 23.3 Å². The van der Waals surface area contributed by atoms with Crippen LogP contribution < -0.4 is 15.8 Å². The molecule has 3 aromatic carbocycles. The average Bonchev–Trinajstić information content (AvgIpc) is 2.81. The Morgan fingerprint density at radius 3 is 2.23 bits per heavy atom. The molecule has 180 valence electrons. The van der Waals surface area contributed by atoms with Gasteiger partial charge in [-0.05, 0) is 23.8 Å². The molecule has 0 unspecified atom stereocenters. The van der Waals surface area contributed by atoms with Crippen molar-refractivity contribution >= 4 is 17.2 Å². The Bertz CT molecular complexity index is 1340. The summed E-state index contributed by atoms with van der Waals surface area (Å²) in [6.45, 7) is 0.0896. The third-order valence-electron chi connectivity index (χ3n) is 4.85. The summed E-state index contributed by atoms with van der Waals surface area (Å²) in [5.74, 6) is -4.09. The van der Waals surface area contributed by atoms with Crippen LogP contribution in [-0.2, 0) is 12.8 Å². The van der Waals surface area contributed by atoms with E-state index in [0.717, 1.165) is 30.0 Å². The standard InChI is InChI=1S/C24H16F6N4O/c25-17-7-6-14(8-16(17)24(28,29)30)22-32-11-20(31)23(34-22)33-21-18(26)9-15(10-19(21)27)35-12-13-4-2-1-3-5-13/h1-11H,12,31H2,(H,32,33,34). The summed E-state index contributed by atoms with van der Waals surface area (Å²) in [4.78, 5) is 7.81. The minimum atomic E-state index is -4.94. The molecule has 0 fully saturated rings. The van der Waals surface area contributed by atoms with Gasteiger partial charge in [0.1, 0.15) is 23.9 Å². The lowest BCUT2D eigenvalue weighted by atomic mass is 10.1. The number of nitrogen functional groups attached to an aromatic ring is 1. The quantitative estimate of drug-likeness (QED) is 0.303. The van der Waals surface area contributed by atoms with E-state index >= 15 is 0 Å². The van der Waals surface area contributed by atoms with Gasteiger partial charge in [0.2, 0.25) is 0 Å². The molecule has 4 rings (SSSR count). The highest BCUT2D eigenvalue weighted by molar-refractivity contribution is 5.71. The second-order valence-electron chi connectivity index (χ2n) is 7.35. The molecule has 4 aromatic rings. The fourth-order valence-electron chi connectivity index (χ4n) is 3.12. The van der Waals surface area contributed by atoms with Crippen LogP contribution in [0.15, 0.2) is 66.9 Å². The second-order valence-corrected chi connectivity index (χ2v) is 7.35. The van der Waals surface area contributed by atoms with Crippen LogP contribution in [0.1, 0.15) is 11.1 Å². The van der Waals surface area contributed by atoms with Crippen molar-refractivity contribution in [1.29, 1.82) is 0 Å². The summed E-state index contributed by atoms with van der Waals surface area (Å²) in [5, 5.41) is 2.40. The highest BCUT2D eigenvalue weighted by Crippen LogP contribution is 2.35. The number of nitrogens with one attached hydrogen (secondary N) is 1. The maximum Gasteiger partial charge on any atom is 0.419 e. The highest BCUT2D eigenvalue weighted by atomic mass is 19.4. The smallest absolute Gasteiger partial charge is 0.419 e. The Morgan fingerprint density at radius 1 is 0.886 bits per heavy atom. The van der Waals surface area contributed by atoms with Crippen molar-refractivity contribution in [3.8, 4) is 17.1 Å². The largest absolute Gasteiger partial charge is 0.489 e. The van der Waals surface area contributed by atoms with Crippen LogP contribution in [0.3, 0.4) is 0 Å². The van der Waals surface area contributed by atoms with Crippen molar-refractivity contribution in [2.45, 2.75) is 12.8 Å². The molecule has 1 heterocycles. The van der Waals surface area contributed by atoms with Crippen LogP contribution >= 0.6 is 0 Å². The first-order valence-electron chi connectivity index (χ1n) is 10.0. The Balaban J connectivity index is 1.60. The van der Waals surface area contributed by atoms with Gasteiger partial charge in [0.05, 0.1) is 17.4 Å². The SMILES string of the molecule is Nc1cnc(-c2ccc(F)c(C(F)(F)F)c2)nc1Nc1c(F)cc(OCc2ccccc2)cc1F. The van der Waals surface area contributed by atoms with Crippen molar-refractivity contribution in [2.24, 2.45) is 0 Å².